The Hall–Kier alpha value is -4.44. The van der Waals surface area contributed by atoms with Crippen molar-refractivity contribution in [2.75, 3.05) is 32.1 Å². The number of aldehydes is 1. The van der Waals surface area contributed by atoms with E-state index in [1.54, 1.807) is 25.4 Å². The third-order valence-corrected chi connectivity index (χ3v) is 5.37. The second-order valence-corrected chi connectivity index (χ2v) is 9.20. The third-order valence-electron chi connectivity index (χ3n) is 4.53. The van der Waals surface area contributed by atoms with Gasteiger partial charge in [0.2, 0.25) is 5.91 Å². The van der Waals surface area contributed by atoms with Crippen LogP contribution in [0.1, 0.15) is 46.6 Å². The van der Waals surface area contributed by atoms with E-state index in [2.05, 4.69) is 38.7 Å². The predicted molar refractivity (Wildman–Crippen MR) is 184 cm³/mol. The Labute approximate surface area is 261 Å². The lowest BCUT2D eigenvalue weighted by molar-refractivity contribution is -0.118. The van der Waals surface area contributed by atoms with Gasteiger partial charge in [0.1, 0.15) is 11.6 Å². The van der Waals surface area contributed by atoms with Gasteiger partial charge in [0, 0.05) is 51.9 Å². The average molecular weight is 610 g/mol. The molecule has 0 fully saturated rings. The third kappa shape index (κ3) is 23.9. The van der Waals surface area contributed by atoms with Crippen LogP contribution < -0.4 is 20.3 Å². The number of anilines is 1. The zero-order chi connectivity index (χ0) is 32.9. The molecule has 1 aromatic heterocycles. The Bertz CT molecular complexity index is 1150. The molecular formula is C33H47N5O4S. The molecule has 0 saturated carbocycles. The number of carbonyl (C=O) groups excluding carboxylic acids is 3. The molecule has 9 nitrogen and oxygen atoms in total. The fourth-order valence-corrected chi connectivity index (χ4v) is 3.31. The number of hydrogen-bond donors (Lipinski definition) is 2. The van der Waals surface area contributed by atoms with Gasteiger partial charge in [-0.2, -0.15) is 0 Å². The number of aliphatic imine (C=N–C) groups is 1. The molecule has 0 aliphatic rings. The van der Waals surface area contributed by atoms with Crippen LogP contribution in [0.5, 0.6) is 5.75 Å². The summed E-state index contributed by atoms with van der Waals surface area (Å²) in [4.78, 5) is 42.9. The van der Waals surface area contributed by atoms with Crippen molar-refractivity contribution in [2.24, 2.45) is 4.99 Å². The van der Waals surface area contributed by atoms with Gasteiger partial charge in [-0.15, -0.1) is 0 Å². The van der Waals surface area contributed by atoms with Gasteiger partial charge >= 0.3 is 0 Å². The minimum atomic E-state index is -0.274. The van der Waals surface area contributed by atoms with Gasteiger partial charge in [0.05, 0.1) is 11.5 Å². The van der Waals surface area contributed by atoms with Gasteiger partial charge in [-0.1, -0.05) is 51.3 Å². The van der Waals surface area contributed by atoms with Crippen LogP contribution in [0.3, 0.4) is 0 Å². The molecular weight excluding hydrogens is 562 g/mol. The van der Waals surface area contributed by atoms with Crippen molar-refractivity contribution >= 4 is 47.3 Å². The second kappa shape index (κ2) is 27.7. The predicted octanol–water partition coefficient (Wildman–Crippen LogP) is 7.06. The van der Waals surface area contributed by atoms with Gasteiger partial charge in [0.15, 0.2) is 6.29 Å². The van der Waals surface area contributed by atoms with E-state index < -0.39 is 0 Å². The lowest BCUT2D eigenvalue weighted by Gasteiger charge is -2.17. The minimum absolute atomic E-state index is 0.0625. The maximum atomic E-state index is 11.3. The van der Waals surface area contributed by atoms with E-state index in [1.807, 2.05) is 82.4 Å². The number of allylic oxidation sites excluding steroid dienone is 4. The molecule has 1 aromatic carbocycles. The Morgan fingerprint density at radius 2 is 1.81 bits per heavy atom. The van der Waals surface area contributed by atoms with Crippen molar-refractivity contribution in [3.63, 3.8) is 0 Å². The fraction of sp³-hybridized carbons (Fsp3) is 0.303. The lowest BCUT2D eigenvalue weighted by atomic mass is 10.2. The monoisotopic (exact) mass is 609 g/mol. The molecule has 43 heavy (non-hydrogen) atoms. The van der Waals surface area contributed by atoms with Crippen molar-refractivity contribution in [1.82, 2.24) is 15.6 Å². The molecule has 2 aromatic rings. The van der Waals surface area contributed by atoms with Gasteiger partial charge in [-0.25, -0.2) is 4.98 Å². The number of nitrogens with one attached hydrogen (secondary N) is 2. The summed E-state index contributed by atoms with van der Waals surface area (Å²) in [6.45, 7) is 17.4. The highest BCUT2D eigenvalue weighted by Crippen LogP contribution is 2.20. The summed E-state index contributed by atoms with van der Waals surface area (Å²) < 4.78 is 5.75. The number of amides is 2. The number of ether oxygens (including phenoxy) is 1. The van der Waals surface area contributed by atoms with Crippen LogP contribution in [0.2, 0.25) is 0 Å². The standard InChI is InChI=1S/C20H23N3O3S.C6H9N.C5H9NO.C2H6/c1-21-20(25)27-18(15-24)14-16-7-9-17(10-8-16)26-13-5-12-23(2)19-6-3-4-11-22-19;1-3-5-6-7-4-2;1-4(2)6-5(3)7;1-2/h3-4,6-11,14-15H,5,12-13H2,1-2H3,(H,21,25);3-6H,2H2,1H3;1H2,2-3H3,(H,6,7);1-2H3/b18-14+;5-3-,7-6?;;. The summed E-state index contributed by atoms with van der Waals surface area (Å²) in [6.07, 6.45) is 11.9. The van der Waals surface area contributed by atoms with E-state index in [0.717, 1.165) is 41.9 Å². The van der Waals surface area contributed by atoms with E-state index in [1.165, 1.54) is 20.2 Å². The Morgan fingerprint density at radius 3 is 2.28 bits per heavy atom. The molecule has 1 heterocycles. The molecule has 0 bridgehead atoms. The topological polar surface area (TPSA) is 113 Å². The number of rotatable bonds is 12. The number of nitrogens with zero attached hydrogens (tertiary/aromatic N) is 3. The van der Waals surface area contributed by atoms with Gasteiger partial charge in [-0.05, 0) is 74.0 Å². The first-order valence-corrected chi connectivity index (χ1v) is 14.6. The lowest BCUT2D eigenvalue weighted by Crippen LogP contribution is -2.21. The largest absolute Gasteiger partial charge is 0.494 e. The molecule has 10 heteroatoms. The molecule has 0 aliphatic carbocycles. The Balaban J connectivity index is 0. The summed E-state index contributed by atoms with van der Waals surface area (Å²) in [7, 11) is 3.53. The number of carbonyl (C=O) groups is 3. The van der Waals surface area contributed by atoms with Crippen molar-refractivity contribution in [2.45, 2.75) is 41.0 Å². The fourth-order valence-electron chi connectivity index (χ4n) is 2.75. The summed E-state index contributed by atoms with van der Waals surface area (Å²) >= 11 is 0.863. The molecule has 0 atom stereocenters. The highest BCUT2D eigenvalue weighted by atomic mass is 32.2. The maximum Gasteiger partial charge on any atom is 0.283 e. The van der Waals surface area contributed by atoms with Crippen LogP contribution in [-0.4, -0.2) is 55.9 Å². The van der Waals surface area contributed by atoms with Crippen molar-refractivity contribution in [3.8, 4) is 5.75 Å². The number of benzene rings is 1. The average Bonchev–Trinajstić information content (AvgIpc) is 3.01. The van der Waals surface area contributed by atoms with Crippen LogP contribution in [0.25, 0.3) is 6.08 Å². The zero-order valence-electron chi connectivity index (χ0n) is 26.5. The maximum absolute atomic E-state index is 11.3. The molecule has 0 radical (unpaired) electrons. The van der Waals surface area contributed by atoms with Crippen LogP contribution in [0.4, 0.5) is 10.6 Å². The first-order valence-electron chi connectivity index (χ1n) is 13.8. The highest BCUT2D eigenvalue weighted by molar-refractivity contribution is 8.17. The quantitative estimate of drug-likeness (QED) is 0.115. The van der Waals surface area contributed by atoms with Gasteiger partial charge < -0.3 is 20.3 Å². The SMILES string of the molecule is C=C(C)NC(C)=O.C=CN=C/C=C\C.CC.CNC(=O)S/C(C=O)=C/c1ccc(OCCCN(C)c2ccccn2)cc1. The Kier molecular flexibility index (Phi) is 26.2. The van der Waals surface area contributed by atoms with E-state index in [-0.39, 0.29) is 11.1 Å². The van der Waals surface area contributed by atoms with E-state index in [9.17, 15) is 14.4 Å². The summed E-state index contributed by atoms with van der Waals surface area (Å²) in [5, 5.41) is 4.67. The van der Waals surface area contributed by atoms with Crippen LogP contribution >= 0.6 is 11.8 Å². The highest BCUT2D eigenvalue weighted by Gasteiger charge is 2.05. The van der Waals surface area contributed by atoms with Crippen LogP contribution in [-0.2, 0) is 9.59 Å². The molecule has 2 amide bonds. The molecule has 2 rings (SSSR count). The first-order chi connectivity index (χ1) is 20.7. The van der Waals surface area contributed by atoms with Crippen molar-refractivity contribution in [1.29, 1.82) is 0 Å². The first kappa shape index (κ1) is 40.7. The van der Waals surface area contributed by atoms with Crippen LogP contribution in [0.15, 0.2) is 95.8 Å². The Morgan fingerprint density at radius 1 is 1.14 bits per heavy atom. The molecule has 0 unspecified atom stereocenters. The van der Waals surface area contributed by atoms with E-state index >= 15 is 0 Å². The summed E-state index contributed by atoms with van der Waals surface area (Å²) in [5.41, 5.74) is 1.52. The normalized spacial score (nSPS) is 10.1. The van der Waals surface area contributed by atoms with E-state index in [0.29, 0.717) is 23.5 Å². The smallest absolute Gasteiger partial charge is 0.283 e. The number of aromatic nitrogens is 1. The minimum Gasteiger partial charge on any atom is -0.494 e. The van der Waals surface area contributed by atoms with Gasteiger partial charge in [0.25, 0.3) is 5.24 Å². The second-order valence-electron chi connectivity index (χ2n) is 8.15. The molecule has 0 spiro atoms. The van der Waals surface area contributed by atoms with Crippen molar-refractivity contribution in [3.05, 3.63) is 96.3 Å². The molecule has 234 valence electrons. The van der Waals surface area contributed by atoms with Gasteiger partial charge in [-0.3, -0.25) is 19.4 Å². The van der Waals surface area contributed by atoms with Crippen molar-refractivity contribution < 1.29 is 19.1 Å². The molecule has 2 N–H and O–H groups in total. The number of hydrogen-bond acceptors (Lipinski definition) is 8. The summed E-state index contributed by atoms with van der Waals surface area (Å²) in [5.74, 6) is 1.64. The molecule has 0 saturated heterocycles. The number of pyridine rings is 1. The summed E-state index contributed by atoms with van der Waals surface area (Å²) in [6, 6.07) is 13.2. The zero-order valence-corrected chi connectivity index (χ0v) is 27.3. The number of thioether (sulfide) groups is 1. The van der Waals surface area contributed by atoms with E-state index in [4.69, 9.17) is 4.74 Å². The molecule has 0 aliphatic heterocycles. The van der Waals surface area contributed by atoms with Crippen LogP contribution in [0, 0.1) is 0 Å².